The average Bonchev–Trinajstić information content (AvgIpc) is 3.92. The van der Waals surface area contributed by atoms with Crippen molar-refractivity contribution in [1.82, 2.24) is 39.9 Å². The van der Waals surface area contributed by atoms with Crippen LogP contribution in [-0.4, -0.2) is 39.9 Å². The van der Waals surface area contributed by atoms with Crippen molar-refractivity contribution in [3.8, 4) is 22.8 Å². The van der Waals surface area contributed by atoms with Crippen LogP contribution < -0.4 is 11.0 Å². The standard InChI is InChI=1S/C32H4Br16N8/c33-9-1-2(10(34)18(42)17(9)41)26-49-25(1)53-27-3-4(12(36)20(44)19(43)11(3)35)29(50-27)55-31-7-8(16(40)24(48)23(47)15(7)39)32(52-31)56-30-6-5(28(51-30)54-26)13(37)21(45)22(46)14(6)38/h1,4H,(H,49,53)(H,50,51,52,54,55,56). The maximum absolute atomic E-state index is 5.31. The molecule has 0 saturated carbocycles. The Morgan fingerprint density at radius 1 is 0.375 bits per heavy atom. The van der Waals surface area contributed by atoms with Crippen molar-refractivity contribution < 1.29 is 0 Å². The average molecular weight is 1780 g/mol. The number of benzene rings is 2. The molecule has 2 N–H and O–H groups in total. The predicted molar refractivity (Wildman–Crippen MR) is 278 cm³/mol. The van der Waals surface area contributed by atoms with E-state index in [0.717, 1.165) is 99.1 Å². The van der Waals surface area contributed by atoms with Gasteiger partial charge in [0.15, 0.2) is 17.1 Å². The number of hydrogen-bond acceptors (Lipinski definition) is 6. The molecule has 2 aromatic heterocycles. The van der Waals surface area contributed by atoms with E-state index in [4.69, 9.17) is 29.9 Å². The second-order valence-corrected chi connectivity index (χ2v) is 24.8. The smallest absolute Gasteiger partial charge is 0.165 e. The summed E-state index contributed by atoms with van der Waals surface area (Å²) in [5.41, 5.74) is 5.11. The van der Waals surface area contributed by atoms with Crippen LogP contribution in [0.5, 0.6) is 0 Å². The van der Waals surface area contributed by atoms with Gasteiger partial charge < -0.3 is 9.97 Å². The van der Waals surface area contributed by atoms with Crippen LogP contribution in [0.15, 0.2) is 71.6 Å². The molecular weight excluding hydrogens is 1770 g/mol. The molecule has 0 radical (unpaired) electrons. The van der Waals surface area contributed by atoms with Crippen LogP contribution in [0.3, 0.4) is 0 Å². The van der Waals surface area contributed by atoms with E-state index in [-0.39, 0.29) is 0 Å². The van der Waals surface area contributed by atoms with Crippen LogP contribution in [0.25, 0.3) is 56.0 Å². The monoisotopic (exact) mass is 1760 g/mol. The van der Waals surface area contributed by atoms with Crippen LogP contribution in [0.4, 0.5) is 0 Å². The molecule has 5 aliphatic rings. The van der Waals surface area contributed by atoms with E-state index in [0.29, 0.717) is 51.1 Å². The van der Waals surface area contributed by atoms with E-state index in [2.05, 4.69) is 265 Å². The van der Waals surface area contributed by atoms with Crippen LogP contribution in [-0.2, 0) is 0 Å². The Hall–Kier alpha value is 2.18. The summed E-state index contributed by atoms with van der Waals surface area (Å²) in [6.07, 6.45) is 0. The topological polar surface area (TPSA) is 109 Å². The fraction of sp³-hybridized carbons (Fsp3) is 0.0625. The van der Waals surface area contributed by atoms with Gasteiger partial charge in [-0.3, -0.25) is 0 Å². The van der Waals surface area contributed by atoms with E-state index in [1.165, 1.54) is 0 Å². The van der Waals surface area contributed by atoms with Crippen molar-refractivity contribution in [3.05, 3.63) is 94.2 Å². The van der Waals surface area contributed by atoms with Crippen LogP contribution in [0, 0.1) is 0 Å². The van der Waals surface area contributed by atoms with Crippen molar-refractivity contribution in [2.24, 2.45) is 0 Å². The summed E-state index contributed by atoms with van der Waals surface area (Å²) in [7, 11) is 0. The van der Waals surface area contributed by atoms with E-state index in [1.54, 1.807) is 0 Å². The zero-order valence-electron chi connectivity index (χ0n) is 25.9. The van der Waals surface area contributed by atoms with Crippen molar-refractivity contribution in [1.29, 1.82) is 0 Å². The van der Waals surface area contributed by atoms with Gasteiger partial charge in [-0.2, -0.15) is 0 Å². The molecule has 5 heterocycles. The lowest BCUT2D eigenvalue weighted by atomic mass is 9.95. The van der Waals surface area contributed by atoms with Crippen molar-refractivity contribution in [2.75, 3.05) is 0 Å². The number of aromatic amines is 2. The molecule has 56 heavy (non-hydrogen) atoms. The summed E-state index contributed by atoms with van der Waals surface area (Å²) < 4.78 is 12.5. The maximum atomic E-state index is 5.31. The van der Waals surface area contributed by atoms with Gasteiger partial charge in [-0.1, -0.05) is 31.9 Å². The van der Waals surface area contributed by atoms with Gasteiger partial charge in [0.2, 0.25) is 0 Å². The first-order valence-electron chi connectivity index (χ1n) is 14.9. The lowest BCUT2D eigenvalue weighted by Gasteiger charge is -2.22. The lowest BCUT2D eigenvalue weighted by Crippen LogP contribution is -2.17. The zero-order valence-corrected chi connectivity index (χ0v) is 51.3. The first-order chi connectivity index (χ1) is 26.4. The third-order valence-corrected chi connectivity index (χ3v) is 28.4. The number of halogens is 16. The molecule has 0 amide bonds. The van der Waals surface area contributed by atoms with Crippen LogP contribution in [0.2, 0.25) is 0 Å². The highest BCUT2D eigenvalue weighted by Gasteiger charge is 2.40. The number of rotatable bonds is 0. The van der Waals surface area contributed by atoms with Gasteiger partial charge in [0, 0.05) is 105 Å². The van der Waals surface area contributed by atoms with Gasteiger partial charge in [-0.15, -0.1) is 0 Å². The fourth-order valence-electron chi connectivity index (χ4n) is 6.56. The molecular formula is C32H4Br16N8. The first-order valence-corrected chi connectivity index (χ1v) is 27.6. The van der Waals surface area contributed by atoms with E-state index in [9.17, 15) is 0 Å². The second-order valence-electron chi connectivity index (χ2n) is 12.0. The third kappa shape index (κ3) is 6.50. The molecule has 0 saturated heterocycles. The molecule has 8 bridgehead atoms. The maximum Gasteiger partial charge on any atom is 0.165 e. The molecule has 2 aromatic carbocycles. The second kappa shape index (κ2) is 16.0. The summed E-state index contributed by atoms with van der Waals surface area (Å²) >= 11 is 61.0. The highest BCUT2D eigenvalue weighted by atomic mass is 79.9. The van der Waals surface area contributed by atoms with Gasteiger partial charge in [-0.05, 0) is 223 Å². The van der Waals surface area contributed by atoms with Gasteiger partial charge in [-0.25, -0.2) is 29.9 Å². The molecule has 2 unspecified atom stereocenters. The van der Waals surface area contributed by atoms with Gasteiger partial charge in [0.1, 0.15) is 28.4 Å². The number of fused-ring (bicyclic) bond motifs is 18. The number of allylic oxidation sites excluding steroid dienone is 8. The zero-order chi connectivity index (χ0) is 40.1. The third-order valence-electron chi connectivity index (χ3n) is 9.03. The molecule has 2 aliphatic carbocycles. The summed E-state index contributed by atoms with van der Waals surface area (Å²) in [5.74, 6) is 1.01. The quantitative estimate of drug-likeness (QED) is 0.118. The lowest BCUT2D eigenvalue weighted by molar-refractivity contribution is 0.909. The molecule has 4 aromatic rings. The normalized spacial score (nSPS) is 18.7. The Bertz CT molecular complexity index is 3120. The van der Waals surface area contributed by atoms with Crippen molar-refractivity contribution >= 4 is 288 Å². The Morgan fingerprint density at radius 2 is 0.857 bits per heavy atom. The summed E-state index contributed by atoms with van der Waals surface area (Å²) in [6.45, 7) is 0. The van der Waals surface area contributed by atoms with Gasteiger partial charge in [0.05, 0.1) is 11.8 Å². The number of H-pyrrole nitrogens is 2. The Labute approximate surface area is 449 Å². The number of aromatic nitrogens is 8. The van der Waals surface area contributed by atoms with E-state index in [1.807, 2.05) is 0 Å². The highest BCUT2D eigenvalue weighted by molar-refractivity contribution is 9.18. The minimum absolute atomic E-state index is 0.397. The largest absolute Gasteiger partial charge is 0.327 e. The number of nitrogens with one attached hydrogen (secondary N) is 2. The Morgan fingerprint density at radius 3 is 1.43 bits per heavy atom. The number of hydrogen-bond donors (Lipinski definition) is 2. The fourth-order valence-corrected chi connectivity index (χ4v) is 16.8. The van der Waals surface area contributed by atoms with Gasteiger partial charge in [0.25, 0.3) is 0 Å². The molecule has 0 fully saturated rings. The molecule has 2 atom stereocenters. The molecule has 0 spiro atoms. The Kier molecular flexibility index (Phi) is 12.4. The molecule has 8 nitrogen and oxygen atoms in total. The SMILES string of the molecule is BrC1=C(Br)C2=c3nc(nc4nc(nc5[nH]c(nc6[nH]c(n3)C3C(Br)=C(Br)C(Br)=C(Br)C=63)c3c(Br)c(Br)c(Br)c(Br)c53)-c3c(Br)c(Br)c(Br)c(Br)c3-4)C2C(Br)=C1Br. The summed E-state index contributed by atoms with van der Waals surface area (Å²) in [5, 5.41) is 1.53. The summed E-state index contributed by atoms with van der Waals surface area (Å²) in [4.78, 5) is 38.5. The molecule has 3 aliphatic heterocycles. The highest BCUT2D eigenvalue weighted by Crippen LogP contribution is 2.56. The van der Waals surface area contributed by atoms with Crippen molar-refractivity contribution in [2.45, 2.75) is 11.8 Å². The number of nitrogens with zero attached hydrogens (tertiary/aromatic N) is 6. The predicted octanol–water partition coefficient (Wildman–Crippen LogP) is 16.1. The minimum Gasteiger partial charge on any atom is -0.327 e. The summed E-state index contributed by atoms with van der Waals surface area (Å²) in [6, 6.07) is 0. The van der Waals surface area contributed by atoms with E-state index < -0.39 is 11.8 Å². The molecule has 24 heteroatoms. The van der Waals surface area contributed by atoms with Crippen LogP contribution in [0.1, 0.15) is 23.5 Å². The minimum atomic E-state index is -0.447. The molecule has 9 rings (SSSR count). The Balaban J connectivity index is 1.57. The molecule has 284 valence electrons. The van der Waals surface area contributed by atoms with E-state index >= 15 is 0 Å². The van der Waals surface area contributed by atoms with Gasteiger partial charge >= 0.3 is 0 Å². The first kappa shape index (κ1) is 43.4. The van der Waals surface area contributed by atoms with Crippen LogP contribution >= 0.6 is 255 Å². The van der Waals surface area contributed by atoms with Crippen molar-refractivity contribution in [3.63, 3.8) is 0 Å².